The number of morpholine rings is 1. The van der Waals surface area contributed by atoms with Crippen molar-refractivity contribution in [3.8, 4) is 0 Å². The van der Waals surface area contributed by atoms with Crippen molar-refractivity contribution < 1.29 is 14.3 Å². The maximum Gasteiger partial charge on any atom is 0.266 e. The molecule has 8 heteroatoms. The average Bonchev–Trinajstić information content (AvgIpc) is 3.00. The van der Waals surface area contributed by atoms with Gasteiger partial charge in [-0.05, 0) is 24.6 Å². The number of ether oxygens (including phenoxy) is 1. The van der Waals surface area contributed by atoms with Crippen molar-refractivity contribution in [2.45, 2.75) is 6.42 Å². The first-order valence-electron chi connectivity index (χ1n) is 9.67. The summed E-state index contributed by atoms with van der Waals surface area (Å²) in [6.45, 7) is 4.90. The Balaban J connectivity index is 1.42. The van der Waals surface area contributed by atoms with E-state index in [1.807, 2.05) is 42.5 Å². The summed E-state index contributed by atoms with van der Waals surface area (Å²) < 4.78 is 5.74. The van der Waals surface area contributed by atoms with Crippen LogP contribution in [0, 0.1) is 0 Å². The van der Waals surface area contributed by atoms with Gasteiger partial charge in [0, 0.05) is 19.6 Å². The number of carbonyl (C=O) groups excluding carboxylic acids is 2. The molecule has 2 saturated heterocycles. The van der Waals surface area contributed by atoms with Crippen LogP contribution in [0.2, 0.25) is 0 Å². The third kappa shape index (κ3) is 6.78. The Hall–Kier alpha value is -2.00. The quantitative estimate of drug-likeness (QED) is 0.387. The number of hydrogen-bond acceptors (Lipinski definition) is 6. The molecule has 2 amide bonds. The van der Waals surface area contributed by atoms with Gasteiger partial charge in [-0.15, -0.1) is 0 Å². The van der Waals surface area contributed by atoms with Gasteiger partial charge in [-0.3, -0.25) is 19.4 Å². The second-order valence-corrected chi connectivity index (χ2v) is 8.39. The van der Waals surface area contributed by atoms with Gasteiger partial charge in [0.1, 0.15) is 10.9 Å². The second kappa shape index (κ2) is 11.3. The van der Waals surface area contributed by atoms with Gasteiger partial charge >= 0.3 is 0 Å². The molecule has 154 valence electrons. The lowest BCUT2D eigenvalue weighted by atomic mass is 10.2. The Morgan fingerprint density at radius 1 is 1.24 bits per heavy atom. The topological polar surface area (TPSA) is 61.9 Å². The summed E-state index contributed by atoms with van der Waals surface area (Å²) in [6, 6.07) is 9.84. The number of amides is 2. The Bertz CT molecular complexity index is 790. The van der Waals surface area contributed by atoms with Crippen molar-refractivity contribution in [3.05, 3.63) is 53.0 Å². The standard InChI is InChI=1S/C21H25N3O3S2/c25-19(22-10-5-11-23-12-14-27-15-13-23)16-24-20(26)18(29-21(24)28)9-4-8-17-6-2-1-3-7-17/h1-4,6-9H,5,10-16H2,(H,22,25)/b8-4+,18-9-. The normalized spacial score (nSPS) is 19.4. The summed E-state index contributed by atoms with van der Waals surface area (Å²) in [4.78, 5) is 29.0. The van der Waals surface area contributed by atoms with Gasteiger partial charge in [0.05, 0.1) is 18.1 Å². The van der Waals surface area contributed by atoms with Gasteiger partial charge in [0.2, 0.25) is 5.91 Å². The summed E-state index contributed by atoms with van der Waals surface area (Å²) in [6.07, 6.45) is 6.36. The molecule has 1 aromatic rings. The molecule has 1 aromatic carbocycles. The molecule has 0 aromatic heterocycles. The number of benzene rings is 1. The van der Waals surface area contributed by atoms with E-state index in [4.69, 9.17) is 17.0 Å². The molecule has 0 spiro atoms. The Kier molecular flexibility index (Phi) is 8.42. The Morgan fingerprint density at radius 2 is 2.00 bits per heavy atom. The number of thioether (sulfide) groups is 1. The molecule has 2 aliphatic rings. The van der Waals surface area contributed by atoms with Crippen molar-refractivity contribution in [1.82, 2.24) is 15.1 Å². The molecule has 2 heterocycles. The number of rotatable bonds is 8. The molecule has 3 rings (SSSR count). The number of nitrogens with one attached hydrogen (secondary N) is 1. The molecule has 0 atom stereocenters. The number of nitrogens with zero attached hydrogens (tertiary/aromatic N) is 2. The molecule has 0 aliphatic carbocycles. The molecule has 0 saturated carbocycles. The molecule has 1 N–H and O–H groups in total. The zero-order valence-corrected chi connectivity index (χ0v) is 17.8. The summed E-state index contributed by atoms with van der Waals surface area (Å²) in [5.74, 6) is -0.412. The highest BCUT2D eigenvalue weighted by molar-refractivity contribution is 8.26. The van der Waals surface area contributed by atoms with Crippen LogP contribution in [0.5, 0.6) is 0 Å². The SMILES string of the molecule is O=C(CN1C(=O)/C(=C/C=C/c2ccccc2)SC1=S)NCCCN1CCOCC1. The number of thiocarbonyl (C=S) groups is 1. The largest absolute Gasteiger partial charge is 0.379 e. The van der Waals surface area contributed by atoms with Crippen LogP contribution >= 0.6 is 24.0 Å². The minimum absolute atomic E-state index is 0.0397. The monoisotopic (exact) mass is 431 g/mol. The molecule has 0 radical (unpaired) electrons. The van der Waals surface area contributed by atoms with E-state index < -0.39 is 0 Å². The molecular weight excluding hydrogens is 406 g/mol. The smallest absolute Gasteiger partial charge is 0.266 e. The summed E-state index contributed by atoms with van der Waals surface area (Å²) >= 11 is 6.51. The summed E-state index contributed by atoms with van der Waals surface area (Å²) in [5.41, 5.74) is 1.05. The van der Waals surface area contributed by atoms with E-state index in [1.165, 1.54) is 16.7 Å². The minimum atomic E-state index is -0.221. The lowest BCUT2D eigenvalue weighted by molar-refractivity contribution is -0.128. The fourth-order valence-corrected chi connectivity index (χ4v) is 4.22. The zero-order chi connectivity index (χ0) is 20.5. The Labute approximate surface area is 181 Å². The maximum atomic E-state index is 12.5. The zero-order valence-electron chi connectivity index (χ0n) is 16.2. The number of allylic oxidation sites excluding steroid dienone is 2. The van der Waals surface area contributed by atoms with Crippen LogP contribution in [0.1, 0.15) is 12.0 Å². The maximum absolute atomic E-state index is 12.5. The van der Waals surface area contributed by atoms with E-state index in [2.05, 4.69) is 10.2 Å². The van der Waals surface area contributed by atoms with Crippen molar-refractivity contribution in [2.75, 3.05) is 45.9 Å². The predicted molar refractivity (Wildman–Crippen MR) is 120 cm³/mol. The first-order chi connectivity index (χ1) is 14.1. The van der Waals surface area contributed by atoms with Gasteiger partial charge < -0.3 is 10.1 Å². The van der Waals surface area contributed by atoms with Crippen molar-refractivity contribution in [3.63, 3.8) is 0 Å². The van der Waals surface area contributed by atoms with Gasteiger partial charge in [-0.25, -0.2) is 0 Å². The highest BCUT2D eigenvalue weighted by atomic mass is 32.2. The minimum Gasteiger partial charge on any atom is -0.379 e. The highest BCUT2D eigenvalue weighted by Crippen LogP contribution is 2.30. The number of carbonyl (C=O) groups is 2. The van der Waals surface area contributed by atoms with Crippen LogP contribution in [0.4, 0.5) is 0 Å². The van der Waals surface area contributed by atoms with Crippen LogP contribution in [0.3, 0.4) is 0 Å². The van der Waals surface area contributed by atoms with Crippen LogP contribution in [-0.2, 0) is 14.3 Å². The highest BCUT2D eigenvalue weighted by Gasteiger charge is 2.32. The van der Waals surface area contributed by atoms with E-state index >= 15 is 0 Å². The average molecular weight is 432 g/mol. The van der Waals surface area contributed by atoms with Crippen LogP contribution < -0.4 is 5.32 Å². The van der Waals surface area contributed by atoms with Crippen molar-refractivity contribution in [1.29, 1.82) is 0 Å². The third-order valence-electron chi connectivity index (χ3n) is 4.59. The van der Waals surface area contributed by atoms with Crippen LogP contribution in [-0.4, -0.2) is 71.9 Å². The lowest BCUT2D eigenvalue weighted by Gasteiger charge is -2.26. The fourth-order valence-electron chi connectivity index (χ4n) is 3.02. The van der Waals surface area contributed by atoms with Gasteiger partial charge in [-0.2, -0.15) is 0 Å². The molecule has 0 unspecified atom stereocenters. The van der Waals surface area contributed by atoms with Gasteiger partial charge in [-0.1, -0.05) is 66.5 Å². The first-order valence-corrected chi connectivity index (χ1v) is 10.9. The van der Waals surface area contributed by atoms with Crippen molar-refractivity contribution >= 4 is 46.2 Å². The van der Waals surface area contributed by atoms with E-state index in [9.17, 15) is 9.59 Å². The van der Waals surface area contributed by atoms with Crippen LogP contribution in [0.25, 0.3) is 6.08 Å². The number of hydrogen-bond donors (Lipinski definition) is 1. The molecule has 0 bridgehead atoms. The molecule has 2 aliphatic heterocycles. The molecule has 2 fully saturated rings. The first kappa shape index (κ1) is 21.7. The van der Waals surface area contributed by atoms with Gasteiger partial charge in [0.25, 0.3) is 5.91 Å². The van der Waals surface area contributed by atoms with E-state index in [-0.39, 0.29) is 18.4 Å². The van der Waals surface area contributed by atoms with E-state index in [0.29, 0.717) is 15.8 Å². The summed E-state index contributed by atoms with van der Waals surface area (Å²) in [7, 11) is 0. The summed E-state index contributed by atoms with van der Waals surface area (Å²) in [5, 5.41) is 2.88. The second-order valence-electron chi connectivity index (χ2n) is 6.72. The lowest BCUT2D eigenvalue weighted by Crippen LogP contribution is -2.41. The predicted octanol–water partition coefficient (Wildman–Crippen LogP) is 2.28. The third-order valence-corrected chi connectivity index (χ3v) is 5.98. The van der Waals surface area contributed by atoms with E-state index in [0.717, 1.165) is 44.8 Å². The van der Waals surface area contributed by atoms with Crippen LogP contribution in [0.15, 0.2) is 47.4 Å². The fraction of sp³-hybridized carbons (Fsp3) is 0.381. The van der Waals surface area contributed by atoms with Gasteiger partial charge in [0.15, 0.2) is 0 Å². The molecule has 29 heavy (non-hydrogen) atoms. The van der Waals surface area contributed by atoms with E-state index in [1.54, 1.807) is 6.08 Å². The van der Waals surface area contributed by atoms with Crippen molar-refractivity contribution in [2.24, 2.45) is 0 Å². The molecular formula is C21H25N3O3S2. The molecule has 6 nitrogen and oxygen atoms in total. The Morgan fingerprint density at radius 3 is 2.76 bits per heavy atom.